The predicted octanol–water partition coefficient (Wildman–Crippen LogP) is 3.25. The second kappa shape index (κ2) is 7.64. The molecule has 1 heterocycles. The lowest BCUT2D eigenvalue weighted by atomic mass is 10.0. The molecule has 0 radical (unpaired) electrons. The first-order valence-electron chi connectivity index (χ1n) is 8.06. The van der Waals surface area contributed by atoms with E-state index in [9.17, 15) is 4.39 Å². The minimum Gasteiger partial charge on any atom is -0.493 e. The zero-order valence-corrected chi connectivity index (χ0v) is 13.9. The normalized spacial score (nSPS) is 18.9. The van der Waals surface area contributed by atoms with Crippen molar-refractivity contribution in [1.29, 1.82) is 0 Å². The molecule has 2 aromatic rings. The van der Waals surface area contributed by atoms with Crippen LogP contribution < -0.4 is 14.8 Å². The fraction of sp³-hybridized carbons (Fsp3) is 0.368. The van der Waals surface area contributed by atoms with Crippen LogP contribution in [-0.4, -0.2) is 32.9 Å². The van der Waals surface area contributed by atoms with Crippen molar-refractivity contribution in [2.24, 2.45) is 0 Å². The summed E-state index contributed by atoms with van der Waals surface area (Å²) in [5, 5.41) is 3.33. The number of morpholine rings is 1. The lowest BCUT2D eigenvalue weighted by Gasteiger charge is -2.32. The summed E-state index contributed by atoms with van der Waals surface area (Å²) in [5.74, 6) is 0.512. The Hall–Kier alpha value is -2.11. The topological polar surface area (TPSA) is 39.7 Å². The number of hydrogen-bond donors (Lipinski definition) is 1. The smallest absolute Gasteiger partial charge is 0.163 e. The SMILES string of the molecule is COc1cc(F)ccc1OC(c1cccc(C)c1)C1CNCCO1. The first kappa shape index (κ1) is 16.7. The fourth-order valence-electron chi connectivity index (χ4n) is 2.86. The van der Waals surface area contributed by atoms with Gasteiger partial charge in [-0.05, 0) is 24.6 Å². The van der Waals surface area contributed by atoms with Crippen molar-refractivity contribution in [2.45, 2.75) is 19.1 Å². The van der Waals surface area contributed by atoms with Gasteiger partial charge in [0.05, 0.1) is 13.7 Å². The Morgan fingerprint density at radius 3 is 2.79 bits per heavy atom. The molecule has 0 aromatic heterocycles. The predicted molar refractivity (Wildman–Crippen MR) is 90.1 cm³/mol. The van der Waals surface area contributed by atoms with Crippen molar-refractivity contribution in [3.8, 4) is 11.5 Å². The largest absolute Gasteiger partial charge is 0.493 e. The number of hydrogen-bond acceptors (Lipinski definition) is 4. The summed E-state index contributed by atoms with van der Waals surface area (Å²) in [6.45, 7) is 4.20. The lowest BCUT2D eigenvalue weighted by Crippen LogP contribution is -2.43. The number of nitrogens with one attached hydrogen (secondary N) is 1. The monoisotopic (exact) mass is 331 g/mol. The van der Waals surface area contributed by atoms with Crippen molar-refractivity contribution in [1.82, 2.24) is 5.32 Å². The van der Waals surface area contributed by atoms with Gasteiger partial charge in [-0.1, -0.05) is 29.8 Å². The van der Waals surface area contributed by atoms with Gasteiger partial charge in [0, 0.05) is 19.2 Å². The van der Waals surface area contributed by atoms with Crippen molar-refractivity contribution in [3.63, 3.8) is 0 Å². The van der Waals surface area contributed by atoms with E-state index in [0.29, 0.717) is 24.7 Å². The standard InChI is InChI=1S/C19H22FNO3/c1-13-4-3-5-14(10-13)19(18-12-21-8-9-23-18)24-16-7-6-15(20)11-17(16)22-2/h3-7,10-11,18-19,21H,8-9,12H2,1-2H3. The maximum absolute atomic E-state index is 13.4. The summed E-state index contributed by atoms with van der Waals surface area (Å²) >= 11 is 0. The van der Waals surface area contributed by atoms with Crippen LogP contribution >= 0.6 is 0 Å². The van der Waals surface area contributed by atoms with Crippen LogP contribution in [0.4, 0.5) is 4.39 Å². The lowest BCUT2D eigenvalue weighted by molar-refractivity contribution is -0.0438. The summed E-state index contributed by atoms with van der Waals surface area (Å²) in [4.78, 5) is 0. The van der Waals surface area contributed by atoms with Gasteiger partial charge in [-0.25, -0.2) is 4.39 Å². The molecule has 24 heavy (non-hydrogen) atoms. The van der Waals surface area contributed by atoms with E-state index < -0.39 is 0 Å². The van der Waals surface area contributed by atoms with Crippen molar-refractivity contribution >= 4 is 0 Å². The first-order valence-corrected chi connectivity index (χ1v) is 8.06. The molecule has 2 aromatic carbocycles. The van der Waals surface area contributed by atoms with Crippen LogP contribution in [0.25, 0.3) is 0 Å². The first-order chi connectivity index (χ1) is 11.7. The number of aryl methyl sites for hydroxylation is 1. The van der Waals surface area contributed by atoms with Crippen LogP contribution in [0.2, 0.25) is 0 Å². The zero-order chi connectivity index (χ0) is 16.9. The Bertz CT molecular complexity index is 686. The maximum atomic E-state index is 13.4. The second-order valence-corrected chi connectivity index (χ2v) is 5.86. The molecule has 2 atom stereocenters. The summed E-state index contributed by atoms with van der Waals surface area (Å²) in [5.41, 5.74) is 2.17. The minimum atomic E-state index is -0.359. The summed E-state index contributed by atoms with van der Waals surface area (Å²) < 4.78 is 30.8. The molecule has 0 saturated carbocycles. The zero-order valence-electron chi connectivity index (χ0n) is 13.9. The Balaban J connectivity index is 1.92. The van der Waals surface area contributed by atoms with Gasteiger partial charge in [0.25, 0.3) is 0 Å². The second-order valence-electron chi connectivity index (χ2n) is 5.86. The van der Waals surface area contributed by atoms with Gasteiger partial charge in [0.15, 0.2) is 17.6 Å². The minimum absolute atomic E-state index is 0.129. The van der Waals surface area contributed by atoms with Crippen molar-refractivity contribution < 1.29 is 18.6 Å². The Morgan fingerprint density at radius 2 is 2.08 bits per heavy atom. The third kappa shape index (κ3) is 3.86. The van der Waals surface area contributed by atoms with Crippen LogP contribution in [0.3, 0.4) is 0 Å². The molecule has 3 rings (SSSR count). The molecule has 1 N–H and O–H groups in total. The Labute approximate surface area is 141 Å². The number of ether oxygens (including phenoxy) is 3. The summed E-state index contributed by atoms with van der Waals surface area (Å²) in [6.07, 6.45) is -0.438. The quantitative estimate of drug-likeness (QED) is 0.913. The van der Waals surface area contributed by atoms with E-state index in [1.165, 1.54) is 19.2 Å². The third-order valence-corrected chi connectivity index (χ3v) is 4.04. The Morgan fingerprint density at radius 1 is 1.21 bits per heavy atom. The molecule has 0 aliphatic carbocycles. The van der Waals surface area contributed by atoms with Gasteiger partial charge in [-0.15, -0.1) is 0 Å². The van der Waals surface area contributed by atoms with Gasteiger partial charge in [0.2, 0.25) is 0 Å². The molecule has 0 bridgehead atoms. The molecule has 128 valence electrons. The van der Waals surface area contributed by atoms with Gasteiger partial charge >= 0.3 is 0 Å². The van der Waals surface area contributed by atoms with E-state index in [0.717, 1.165) is 17.7 Å². The average Bonchev–Trinajstić information content (AvgIpc) is 2.61. The Kier molecular flexibility index (Phi) is 5.33. The van der Waals surface area contributed by atoms with Gasteiger partial charge in [0.1, 0.15) is 11.9 Å². The van der Waals surface area contributed by atoms with Crippen LogP contribution in [0.5, 0.6) is 11.5 Å². The maximum Gasteiger partial charge on any atom is 0.163 e. The van der Waals surface area contributed by atoms with Crippen molar-refractivity contribution in [3.05, 3.63) is 59.4 Å². The van der Waals surface area contributed by atoms with E-state index in [4.69, 9.17) is 14.2 Å². The highest BCUT2D eigenvalue weighted by molar-refractivity contribution is 5.41. The molecule has 1 fully saturated rings. The highest BCUT2D eigenvalue weighted by atomic mass is 19.1. The highest BCUT2D eigenvalue weighted by Gasteiger charge is 2.29. The van der Waals surface area contributed by atoms with Crippen LogP contribution in [-0.2, 0) is 4.74 Å². The van der Waals surface area contributed by atoms with Crippen LogP contribution in [0.1, 0.15) is 17.2 Å². The van der Waals surface area contributed by atoms with E-state index >= 15 is 0 Å². The molecule has 1 saturated heterocycles. The van der Waals surface area contributed by atoms with E-state index in [1.54, 1.807) is 6.07 Å². The number of benzene rings is 2. The number of methoxy groups -OCH3 is 1. The molecular formula is C19H22FNO3. The fourth-order valence-corrected chi connectivity index (χ4v) is 2.86. The molecule has 1 aliphatic rings. The molecular weight excluding hydrogens is 309 g/mol. The van der Waals surface area contributed by atoms with Gasteiger partial charge in [-0.3, -0.25) is 0 Å². The van der Waals surface area contributed by atoms with Gasteiger partial charge in [-0.2, -0.15) is 0 Å². The molecule has 5 heteroatoms. The molecule has 1 aliphatic heterocycles. The third-order valence-electron chi connectivity index (χ3n) is 4.04. The number of halogens is 1. The van der Waals surface area contributed by atoms with Crippen LogP contribution in [0, 0.1) is 12.7 Å². The van der Waals surface area contributed by atoms with E-state index in [1.807, 2.05) is 25.1 Å². The molecule has 2 unspecified atom stereocenters. The summed E-state index contributed by atoms with van der Waals surface area (Å²) in [7, 11) is 1.50. The summed E-state index contributed by atoms with van der Waals surface area (Å²) in [6, 6.07) is 12.4. The van der Waals surface area contributed by atoms with Crippen molar-refractivity contribution in [2.75, 3.05) is 26.8 Å². The number of rotatable bonds is 5. The average molecular weight is 331 g/mol. The highest BCUT2D eigenvalue weighted by Crippen LogP contribution is 2.34. The molecule has 0 amide bonds. The van der Waals surface area contributed by atoms with E-state index in [2.05, 4.69) is 11.4 Å². The molecule has 0 spiro atoms. The molecule has 4 nitrogen and oxygen atoms in total. The van der Waals surface area contributed by atoms with Crippen LogP contribution in [0.15, 0.2) is 42.5 Å². The van der Waals surface area contributed by atoms with Gasteiger partial charge < -0.3 is 19.5 Å². The van der Waals surface area contributed by atoms with E-state index in [-0.39, 0.29) is 18.0 Å².